The number of hydrogen-bond acceptors (Lipinski definition) is 2. The van der Waals surface area contributed by atoms with Crippen molar-refractivity contribution in [3.05, 3.63) is 71.9 Å². The molecule has 1 atom stereocenters. The summed E-state index contributed by atoms with van der Waals surface area (Å²) < 4.78 is 0. The summed E-state index contributed by atoms with van der Waals surface area (Å²) in [5.41, 5.74) is 5.08. The number of H-pyrrole nitrogens is 1. The van der Waals surface area contributed by atoms with Crippen molar-refractivity contribution in [3.63, 3.8) is 0 Å². The minimum atomic E-state index is 0.349. The lowest BCUT2D eigenvalue weighted by molar-refractivity contribution is 0.472. The first-order chi connectivity index (χ1) is 12.8. The number of hydrogen-bond donors (Lipinski definition) is 3. The highest BCUT2D eigenvalue weighted by Gasteiger charge is 2.15. The molecule has 3 N–H and O–H groups in total. The van der Waals surface area contributed by atoms with Crippen LogP contribution in [0.25, 0.3) is 16.5 Å². The Bertz CT molecular complexity index is 895. The van der Waals surface area contributed by atoms with Crippen molar-refractivity contribution in [1.29, 1.82) is 0 Å². The average molecular weight is 346 g/mol. The van der Waals surface area contributed by atoms with Crippen molar-refractivity contribution in [2.24, 2.45) is 0 Å². The Morgan fingerprint density at radius 3 is 2.81 bits per heavy atom. The molecule has 0 amide bonds. The van der Waals surface area contributed by atoms with Gasteiger partial charge in [0.05, 0.1) is 0 Å². The zero-order valence-corrected chi connectivity index (χ0v) is 15.0. The molecule has 0 saturated carbocycles. The number of phenols is 1. The van der Waals surface area contributed by atoms with Crippen LogP contribution < -0.4 is 5.32 Å². The van der Waals surface area contributed by atoms with E-state index in [4.69, 9.17) is 0 Å². The van der Waals surface area contributed by atoms with Gasteiger partial charge in [-0.15, -0.1) is 0 Å². The zero-order valence-electron chi connectivity index (χ0n) is 15.0. The van der Waals surface area contributed by atoms with Gasteiger partial charge in [0, 0.05) is 35.8 Å². The molecule has 2 heterocycles. The number of aryl methyl sites for hydroxylation is 1. The molecule has 3 heteroatoms. The van der Waals surface area contributed by atoms with E-state index in [9.17, 15) is 5.11 Å². The number of aromatic nitrogens is 1. The van der Waals surface area contributed by atoms with Gasteiger partial charge in [-0.25, -0.2) is 0 Å². The van der Waals surface area contributed by atoms with Crippen LogP contribution in [-0.2, 0) is 6.42 Å². The topological polar surface area (TPSA) is 48.0 Å². The van der Waals surface area contributed by atoms with E-state index in [-0.39, 0.29) is 0 Å². The monoisotopic (exact) mass is 346 g/mol. The Morgan fingerprint density at radius 2 is 1.92 bits per heavy atom. The molecule has 0 saturated heterocycles. The molecule has 4 rings (SSSR count). The van der Waals surface area contributed by atoms with E-state index in [1.165, 1.54) is 34.9 Å². The highest BCUT2D eigenvalue weighted by molar-refractivity contribution is 5.84. The number of rotatable bonds is 6. The molecule has 134 valence electrons. The summed E-state index contributed by atoms with van der Waals surface area (Å²) in [6.45, 7) is 0.964. The standard InChI is InChI=1S/C23H26N2O/c26-21-15-19(22-11-13-25-23(22)16-21)8-4-5-9-20-14-18(10-12-24-20)17-6-2-1-3-7-17/h1-3,6-7,10-11,13,15-16,20,24-26H,4-5,8-9,12,14H2. The van der Waals surface area contributed by atoms with E-state index in [0.29, 0.717) is 11.8 Å². The Morgan fingerprint density at radius 1 is 1.04 bits per heavy atom. The Labute approximate surface area is 154 Å². The van der Waals surface area contributed by atoms with E-state index < -0.39 is 0 Å². The lowest BCUT2D eigenvalue weighted by Gasteiger charge is -2.24. The maximum atomic E-state index is 9.89. The van der Waals surface area contributed by atoms with Crippen molar-refractivity contribution in [2.45, 2.75) is 38.1 Å². The maximum absolute atomic E-state index is 9.89. The van der Waals surface area contributed by atoms with Crippen molar-refractivity contribution >= 4 is 16.5 Å². The van der Waals surface area contributed by atoms with Gasteiger partial charge in [0.15, 0.2) is 0 Å². The molecule has 3 aromatic rings. The molecule has 0 radical (unpaired) electrons. The first-order valence-corrected chi connectivity index (χ1v) is 9.56. The van der Waals surface area contributed by atoms with Gasteiger partial charge in [-0.05, 0) is 54.5 Å². The Balaban J connectivity index is 1.30. The third kappa shape index (κ3) is 3.83. The normalized spacial score (nSPS) is 17.4. The van der Waals surface area contributed by atoms with Crippen LogP contribution in [0.4, 0.5) is 0 Å². The number of nitrogens with one attached hydrogen (secondary N) is 2. The van der Waals surface area contributed by atoms with Crippen molar-refractivity contribution in [2.75, 3.05) is 6.54 Å². The van der Waals surface area contributed by atoms with Gasteiger partial charge in [0.2, 0.25) is 0 Å². The molecule has 0 fully saturated rings. The minimum Gasteiger partial charge on any atom is -0.508 e. The van der Waals surface area contributed by atoms with Crippen LogP contribution in [0.2, 0.25) is 0 Å². The van der Waals surface area contributed by atoms with Crippen LogP contribution in [0.15, 0.2) is 60.8 Å². The average Bonchev–Trinajstić information content (AvgIpc) is 3.14. The van der Waals surface area contributed by atoms with Crippen LogP contribution in [0.5, 0.6) is 5.75 Å². The first kappa shape index (κ1) is 16.9. The van der Waals surface area contributed by atoms with Gasteiger partial charge in [0.25, 0.3) is 0 Å². The summed E-state index contributed by atoms with van der Waals surface area (Å²) >= 11 is 0. The van der Waals surface area contributed by atoms with Crippen LogP contribution in [0.1, 0.15) is 36.8 Å². The number of phenolic OH excluding ortho intramolecular Hbond substituents is 1. The lowest BCUT2D eigenvalue weighted by atomic mass is 9.92. The third-order valence-electron chi connectivity index (χ3n) is 5.35. The fourth-order valence-electron chi connectivity index (χ4n) is 4.00. The SMILES string of the molecule is Oc1cc(CCCCC2CC(c3ccccc3)=CCN2)c2cc[nH]c2c1. The summed E-state index contributed by atoms with van der Waals surface area (Å²) in [7, 11) is 0. The third-order valence-corrected chi connectivity index (χ3v) is 5.35. The van der Waals surface area contributed by atoms with Crippen LogP contribution in [-0.4, -0.2) is 22.7 Å². The molecular formula is C23H26N2O. The maximum Gasteiger partial charge on any atom is 0.117 e. The predicted octanol–water partition coefficient (Wildman–Crippen LogP) is 5.03. The van der Waals surface area contributed by atoms with Gasteiger partial charge in [-0.1, -0.05) is 42.8 Å². The number of fused-ring (bicyclic) bond motifs is 1. The molecule has 2 aromatic carbocycles. The Kier molecular flexibility index (Phi) is 5.07. The largest absolute Gasteiger partial charge is 0.508 e. The molecule has 1 aromatic heterocycles. The van der Waals surface area contributed by atoms with Crippen molar-refractivity contribution in [1.82, 2.24) is 10.3 Å². The van der Waals surface area contributed by atoms with Gasteiger partial charge < -0.3 is 15.4 Å². The molecule has 0 spiro atoms. The summed E-state index contributed by atoms with van der Waals surface area (Å²) in [5.74, 6) is 0.349. The van der Waals surface area contributed by atoms with E-state index in [1.807, 2.05) is 12.3 Å². The minimum absolute atomic E-state index is 0.349. The van der Waals surface area contributed by atoms with E-state index in [1.54, 1.807) is 6.07 Å². The predicted molar refractivity (Wildman–Crippen MR) is 108 cm³/mol. The molecule has 3 nitrogen and oxygen atoms in total. The van der Waals surface area contributed by atoms with Crippen molar-refractivity contribution < 1.29 is 5.11 Å². The fourth-order valence-corrected chi connectivity index (χ4v) is 4.00. The smallest absolute Gasteiger partial charge is 0.117 e. The van der Waals surface area contributed by atoms with E-state index in [0.717, 1.165) is 31.3 Å². The molecule has 0 bridgehead atoms. The summed E-state index contributed by atoms with van der Waals surface area (Å²) in [6, 6.07) is 17.1. The first-order valence-electron chi connectivity index (χ1n) is 9.56. The lowest BCUT2D eigenvalue weighted by Crippen LogP contribution is -2.32. The van der Waals surface area contributed by atoms with E-state index in [2.05, 4.69) is 52.8 Å². The number of aromatic hydroxyl groups is 1. The fraction of sp³-hybridized carbons (Fsp3) is 0.304. The molecule has 0 aliphatic carbocycles. The second-order valence-corrected chi connectivity index (χ2v) is 7.19. The van der Waals surface area contributed by atoms with Crippen LogP contribution in [0.3, 0.4) is 0 Å². The van der Waals surface area contributed by atoms with Gasteiger partial charge in [-0.3, -0.25) is 0 Å². The van der Waals surface area contributed by atoms with E-state index >= 15 is 0 Å². The quantitative estimate of drug-likeness (QED) is 0.548. The summed E-state index contributed by atoms with van der Waals surface area (Å²) in [4.78, 5) is 3.19. The summed E-state index contributed by atoms with van der Waals surface area (Å²) in [6.07, 6.45) is 9.92. The summed E-state index contributed by atoms with van der Waals surface area (Å²) in [5, 5.41) is 14.8. The van der Waals surface area contributed by atoms with Crippen molar-refractivity contribution in [3.8, 4) is 5.75 Å². The molecule has 1 unspecified atom stereocenters. The number of unbranched alkanes of at least 4 members (excludes halogenated alkanes) is 1. The highest BCUT2D eigenvalue weighted by Crippen LogP contribution is 2.27. The Hall–Kier alpha value is -2.52. The molecule has 1 aliphatic heterocycles. The van der Waals surface area contributed by atoms with Crippen LogP contribution in [0, 0.1) is 0 Å². The van der Waals surface area contributed by atoms with Crippen LogP contribution >= 0.6 is 0 Å². The number of benzene rings is 2. The molecule has 26 heavy (non-hydrogen) atoms. The molecule has 1 aliphatic rings. The number of aromatic amines is 1. The second-order valence-electron chi connectivity index (χ2n) is 7.19. The van der Waals surface area contributed by atoms with Gasteiger partial charge in [0.1, 0.15) is 5.75 Å². The highest BCUT2D eigenvalue weighted by atomic mass is 16.3. The van der Waals surface area contributed by atoms with Gasteiger partial charge in [-0.2, -0.15) is 0 Å². The second kappa shape index (κ2) is 7.79. The molecular weight excluding hydrogens is 320 g/mol. The zero-order chi connectivity index (χ0) is 17.8. The van der Waals surface area contributed by atoms with Gasteiger partial charge >= 0.3 is 0 Å².